The van der Waals surface area contributed by atoms with Crippen LogP contribution in [0.5, 0.6) is 0 Å². The van der Waals surface area contributed by atoms with E-state index in [0.717, 1.165) is 54.5 Å². The SMILES string of the molecule is [2H]c1nn(COCC[Si](C)(C)C)c([2H])c1-c1cn(C2CCN(C3CC3)CC2)c2cnc(C#CC(C)(C)O)cc12. The lowest BCUT2D eigenvalue weighted by molar-refractivity contribution is 0.0786. The third kappa shape index (κ3) is 6.71. The number of rotatable bonds is 8. The Hall–Kier alpha value is -2.44. The molecule has 2 fully saturated rings. The van der Waals surface area contributed by atoms with Crippen LogP contribution in [-0.4, -0.2) is 68.8 Å². The number of ether oxygens (including phenoxy) is 1. The number of hydrogen-bond donors (Lipinski definition) is 1. The lowest BCUT2D eigenvalue weighted by Crippen LogP contribution is -2.35. The van der Waals surface area contributed by atoms with Gasteiger partial charge in [0.2, 0.25) is 0 Å². The predicted octanol–water partition coefficient (Wildman–Crippen LogP) is 5.13. The fraction of sp³-hybridized carbons (Fsp3) is 0.586. The molecule has 0 amide bonds. The first-order chi connectivity index (χ1) is 18.4. The minimum Gasteiger partial charge on any atom is -0.378 e. The maximum Gasteiger partial charge on any atom is 0.139 e. The van der Waals surface area contributed by atoms with Crippen LogP contribution in [0.2, 0.25) is 25.7 Å². The number of fused-ring (bicyclic) bond motifs is 1. The standard InChI is InChI=1S/C29H41N5O2Si/c1-29(2,35)11-8-23-16-26-27(22-17-31-33(19-22)21-36-14-15-37(3,4)5)20-34(28(26)18-30-23)25-9-12-32(13-10-25)24-6-7-24/h16-20,24-25,35H,6-7,9-10,12-15,21H2,1-5H3/i17D,19D. The van der Waals surface area contributed by atoms with Gasteiger partial charge in [-0.05, 0) is 57.6 Å². The highest BCUT2D eigenvalue weighted by Crippen LogP contribution is 2.37. The second-order valence-electron chi connectivity index (χ2n) is 12.3. The van der Waals surface area contributed by atoms with Crippen molar-refractivity contribution in [3.05, 3.63) is 36.5 Å². The molecular weight excluding hydrogens is 478 g/mol. The second kappa shape index (κ2) is 10.4. The van der Waals surface area contributed by atoms with Gasteiger partial charge in [0, 0.05) is 68.7 Å². The van der Waals surface area contributed by atoms with Crippen LogP contribution in [0.3, 0.4) is 0 Å². The van der Waals surface area contributed by atoms with Gasteiger partial charge in [-0.2, -0.15) is 5.10 Å². The zero-order valence-corrected chi connectivity index (χ0v) is 23.8. The summed E-state index contributed by atoms with van der Waals surface area (Å²) < 4.78 is 27.2. The van der Waals surface area contributed by atoms with Crippen LogP contribution in [0.1, 0.15) is 54.0 Å². The van der Waals surface area contributed by atoms with Crippen LogP contribution in [-0.2, 0) is 11.5 Å². The Kier molecular flexibility index (Phi) is 6.63. The zero-order valence-electron chi connectivity index (χ0n) is 24.8. The maximum absolute atomic E-state index is 10.1. The number of hydrogen-bond acceptors (Lipinski definition) is 5. The van der Waals surface area contributed by atoms with Crippen molar-refractivity contribution in [2.45, 2.75) is 89.6 Å². The highest BCUT2D eigenvalue weighted by Gasteiger charge is 2.32. The van der Waals surface area contributed by atoms with Gasteiger partial charge in [0.25, 0.3) is 0 Å². The molecule has 3 aromatic rings. The molecule has 1 N–H and O–H groups in total. The monoisotopic (exact) mass is 521 g/mol. The van der Waals surface area contributed by atoms with E-state index in [1.54, 1.807) is 13.8 Å². The molecule has 5 rings (SSSR count). The first-order valence-corrected chi connectivity index (χ1v) is 17.2. The van der Waals surface area contributed by atoms with Gasteiger partial charge in [-0.15, -0.1) is 0 Å². The van der Waals surface area contributed by atoms with Crippen LogP contribution in [0.25, 0.3) is 22.0 Å². The number of aliphatic hydroxyl groups is 1. The summed E-state index contributed by atoms with van der Waals surface area (Å²) >= 11 is 0. The lowest BCUT2D eigenvalue weighted by Gasteiger charge is -2.33. The number of piperidine rings is 1. The lowest BCUT2D eigenvalue weighted by atomic mass is 10.0. The summed E-state index contributed by atoms with van der Waals surface area (Å²) in [5.41, 5.74) is 1.69. The first kappa shape index (κ1) is 23.7. The fourth-order valence-electron chi connectivity index (χ4n) is 4.90. The molecule has 198 valence electrons. The molecule has 0 radical (unpaired) electrons. The van der Waals surface area contributed by atoms with Gasteiger partial charge in [-0.25, -0.2) is 9.67 Å². The average molecular weight is 522 g/mol. The van der Waals surface area contributed by atoms with Crippen molar-refractivity contribution in [2.24, 2.45) is 0 Å². The quantitative estimate of drug-likeness (QED) is 0.253. The first-order valence-electron chi connectivity index (χ1n) is 14.5. The van der Waals surface area contributed by atoms with Gasteiger partial charge in [0.1, 0.15) is 18.0 Å². The van der Waals surface area contributed by atoms with Crippen molar-refractivity contribution < 1.29 is 12.6 Å². The predicted molar refractivity (Wildman–Crippen MR) is 151 cm³/mol. The summed E-state index contributed by atoms with van der Waals surface area (Å²) in [6.07, 6.45) is 8.94. The molecule has 0 unspecified atom stereocenters. The number of aromatic nitrogens is 4. The smallest absolute Gasteiger partial charge is 0.139 e. The molecule has 2 aliphatic rings. The van der Waals surface area contributed by atoms with E-state index in [2.05, 4.69) is 57.2 Å². The summed E-state index contributed by atoms with van der Waals surface area (Å²) in [5.74, 6) is 5.84. The largest absolute Gasteiger partial charge is 0.378 e. The minimum absolute atomic E-state index is 0.0670. The van der Waals surface area contributed by atoms with Crippen LogP contribution >= 0.6 is 0 Å². The summed E-state index contributed by atoms with van der Waals surface area (Å²) in [5, 5.41) is 15.4. The third-order valence-electron chi connectivity index (χ3n) is 7.17. The molecule has 4 heterocycles. The van der Waals surface area contributed by atoms with Crippen LogP contribution in [0.15, 0.2) is 30.8 Å². The molecule has 3 aromatic heterocycles. The van der Waals surface area contributed by atoms with Gasteiger partial charge in [0.15, 0.2) is 0 Å². The van der Waals surface area contributed by atoms with Crippen molar-refractivity contribution >= 4 is 19.0 Å². The Balaban J connectivity index is 1.50. The van der Waals surface area contributed by atoms with Gasteiger partial charge in [-0.1, -0.05) is 25.6 Å². The molecule has 1 saturated carbocycles. The van der Waals surface area contributed by atoms with E-state index in [0.29, 0.717) is 23.9 Å². The Labute approximate surface area is 224 Å². The summed E-state index contributed by atoms with van der Waals surface area (Å²) in [4.78, 5) is 7.21. The van der Waals surface area contributed by atoms with E-state index in [-0.39, 0.29) is 19.1 Å². The van der Waals surface area contributed by atoms with E-state index >= 15 is 0 Å². The minimum atomic E-state index is -1.22. The van der Waals surface area contributed by atoms with Crippen molar-refractivity contribution in [3.8, 4) is 23.0 Å². The number of pyridine rings is 1. The van der Waals surface area contributed by atoms with Gasteiger partial charge < -0.3 is 19.3 Å². The van der Waals surface area contributed by atoms with Crippen molar-refractivity contribution in [2.75, 3.05) is 19.7 Å². The summed E-state index contributed by atoms with van der Waals surface area (Å²) in [7, 11) is -1.22. The molecule has 1 aliphatic carbocycles. The maximum atomic E-state index is 10.1. The van der Waals surface area contributed by atoms with E-state index in [4.69, 9.17) is 7.48 Å². The molecule has 1 aliphatic heterocycles. The molecule has 0 aromatic carbocycles. The molecule has 37 heavy (non-hydrogen) atoms. The Morgan fingerprint density at radius 2 is 1.95 bits per heavy atom. The van der Waals surface area contributed by atoms with Crippen LogP contribution < -0.4 is 0 Å². The highest BCUT2D eigenvalue weighted by atomic mass is 28.3. The second-order valence-corrected chi connectivity index (χ2v) is 17.9. The Morgan fingerprint density at radius 1 is 1.19 bits per heavy atom. The summed E-state index contributed by atoms with van der Waals surface area (Å²) in [6, 6.07) is 4.06. The fourth-order valence-corrected chi connectivity index (χ4v) is 5.66. The van der Waals surface area contributed by atoms with E-state index in [1.165, 1.54) is 17.5 Å². The van der Waals surface area contributed by atoms with Gasteiger partial charge >= 0.3 is 0 Å². The van der Waals surface area contributed by atoms with Crippen molar-refractivity contribution in [1.82, 2.24) is 24.2 Å². The molecule has 0 atom stereocenters. The van der Waals surface area contributed by atoms with E-state index in [9.17, 15) is 5.11 Å². The van der Waals surface area contributed by atoms with Crippen LogP contribution in [0, 0.1) is 11.8 Å². The Bertz CT molecular complexity index is 1400. The van der Waals surface area contributed by atoms with Crippen molar-refractivity contribution in [3.63, 3.8) is 0 Å². The Morgan fingerprint density at radius 3 is 2.62 bits per heavy atom. The highest BCUT2D eigenvalue weighted by molar-refractivity contribution is 6.76. The molecular formula is C29H41N5O2Si. The van der Waals surface area contributed by atoms with Gasteiger partial charge in [-0.3, -0.25) is 0 Å². The molecule has 0 bridgehead atoms. The van der Waals surface area contributed by atoms with E-state index in [1.807, 2.05) is 12.3 Å². The molecule has 8 heteroatoms. The number of nitrogens with zero attached hydrogens (tertiary/aromatic N) is 5. The molecule has 7 nitrogen and oxygen atoms in total. The summed E-state index contributed by atoms with van der Waals surface area (Å²) in [6.45, 7) is 13.2. The zero-order chi connectivity index (χ0) is 27.9. The molecule has 0 spiro atoms. The number of likely N-dealkylation sites (tertiary alicyclic amines) is 1. The molecule has 1 saturated heterocycles. The normalized spacial score (nSPS) is 18.5. The van der Waals surface area contributed by atoms with E-state index < -0.39 is 13.7 Å². The van der Waals surface area contributed by atoms with Crippen molar-refractivity contribution in [1.29, 1.82) is 0 Å². The third-order valence-corrected chi connectivity index (χ3v) is 8.88. The topological polar surface area (TPSA) is 68.3 Å². The average Bonchev–Trinajstić information content (AvgIpc) is 3.60. The van der Waals surface area contributed by atoms with Gasteiger partial charge in [0.05, 0.1) is 20.6 Å². The van der Waals surface area contributed by atoms with Crippen LogP contribution in [0.4, 0.5) is 0 Å².